The molecule has 0 spiro atoms. The van der Waals surface area contributed by atoms with Gasteiger partial charge in [0.05, 0.1) is 28.6 Å². The number of fused-ring (bicyclic) bond motifs is 2. The van der Waals surface area contributed by atoms with Crippen molar-refractivity contribution in [2.75, 3.05) is 5.73 Å². The van der Waals surface area contributed by atoms with Crippen LogP contribution < -0.4 is 5.73 Å². The lowest BCUT2D eigenvalue weighted by molar-refractivity contribution is 0.914. The van der Waals surface area contributed by atoms with E-state index in [-0.39, 0.29) is 0 Å². The van der Waals surface area contributed by atoms with E-state index in [1.165, 1.54) is 0 Å². The first-order chi connectivity index (χ1) is 9.84. The molecule has 0 amide bonds. The van der Waals surface area contributed by atoms with Crippen molar-refractivity contribution in [3.63, 3.8) is 0 Å². The van der Waals surface area contributed by atoms with Crippen LogP contribution in [0.2, 0.25) is 0 Å². The first kappa shape index (κ1) is 11.0. The number of nitrogens with two attached hydrogens (primary N) is 1. The average Bonchev–Trinajstić information content (AvgIpc) is 2.92. The van der Waals surface area contributed by atoms with Crippen molar-refractivity contribution in [3.8, 4) is 5.69 Å². The molecule has 2 N–H and O–H groups in total. The van der Waals surface area contributed by atoms with Crippen LogP contribution in [0.4, 0.5) is 5.69 Å². The molecule has 0 aliphatic carbocycles. The monoisotopic (exact) mass is 260 g/mol. The summed E-state index contributed by atoms with van der Waals surface area (Å²) >= 11 is 0. The molecule has 4 heteroatoms. The molecule has 0 unspecified atom stereocenters. The summed E-state index contributed by atoms with van der Waals surface area (Å²) in [5, 5.41) is 6.49. The maximum absolute atomic E-state index is 6.30. The van der Waals surface area contributed by atoms with Crippen molar-refractivity contribution in [2.45, 2.75) is 0 Å². The second-order valence-corrected chi connectivity index (χ2v) is 4.68. The van der Waals surface area contributed by atoms with Crippen LogP contribution in [0.5, 0.6) is 0 Å². The molecule has 0 saturated heterocycles. The highest BCUT2D eigenvalue weighted by Crippen LogP contribution is 2.28. The summed E-state index contributed by atoms with van der Waals surface area (Å²) in [6.07, 6.45) is 3.62. The Hall–Kier alpha value is -2.88. The second kappa shape index (κ2) is 4.06. The van der Waals surface area contributed by atoms with Gasteiger partial charge < -0.3 is 5.73 Å². The minimum atomic E-state index is 0.699. The van der Waals surface area contributed by atoms with Crippen LogP contribution in [0.1, 0.15) is 0 Å². The van der Waals surface area contributed by atoms with Crippen molar-refractivity contribution in [1.82, 2.24) is 14.8 Å². The minimum Gasteiger partial charge on any atom is -0.396 e. The zero-order valence-corrected chi connectivity index (χ0v) is 10.7. The van der Waals surface area contributed by atoms with Crippen LogP contribution in [-0.4, -0.2) is 14.8 Å². The van der Waals surface area contributed by atoms with Gasteiger partial charge in [-0.05, 0) is 30.3 Å². The Morgan fingerprint density at radius 2 is 1.85 bits per heavy atom. The predicted molar refractivity (Wildman–Crippen MR) is 80.8 cm³/mol. The Kier molecular flexibility index (Phi) is 2.23. The van der Waals surface area contributed by atoms with E-state index < -0.39 is 0 Å². The van der Waals surface area contributed by atoms with Gasteiger partial charge in [-0.15, -0.1) is 0 Å². The fourth-order valence-electron chi connectivity index (χ4n) is 2.51. The summed E-state index contributed by atoms with van der Waals surface area (Å²) in [5.41, 5.74) is 9.82. The first-order valence-corrected chi connectivity index (χ1v) is 6.41. The summed E-state index contributed by atoms with van der Waals surface area (Å²) < 4.78 is 1.87. The molecule has 0 atom stereocenters. The van der Waals surface area contributed by atoms with E-state index in [0.29, 0.717) is 5.69 Å². The van der Waals surface area contributed by atoms with Crippen LogP contribution >= 0.6 is 0 Å². The van der Waals surface area contributed by atoms with Crippen molar-refractivity contribution in [3.05, 3.63) is 60.9 Å². The van der Waals surface area contributed by atoms with Gasteiger partial charge in [-0.25, -0.2) is 4.68 Å². The van der Waals surface area contributed by atoms with Gasteiger partial charge in [0.25, 0.3) is 0 Å². The minimum absolute atomic E-state index is 0.699. The second-order valence-electron chi connectivity index (χ2n) is 4.68. The number of anilines is 1. The fourth-order valence-corrected chi connectivity index (χ4v) is 2.51. The maximum Gasteiger partial charge on any atom is 0.0889 e. The van der Waals surface area contributed by atoms with E-state index in [1.807, 2.05) is 59.4 Å². The van der Waals surface area contributed by atoms with Gasteiger partial charge in [-0.1, -0.05) is 18.2 Å². The molecule has 4 rings (SSSR count). The molecule has 96 valence electrons. The highest BCUT2D eigenvalue weighted by atomic mass is 15.3. The van der Waals surface area contributed by atoms with Gasteiger partial charge in [0.15, 0.2) is 0 Å². The Bertz CT molecular complexity index is 924. The van der Waals surface area contributed by atoms with Crippen LogP contribution in [0, 0.1) is 0 Å². The number of nitrogens with zero attached hydrogens (tertiary/aromatic N) is 3. The quantitative estimate of drug-likeness (QED) is 0.535. The molecule has 0 fully saturated rings. The first-order valence-electron chi connectivity index (χ1n) is 6.41. The normalized spacial score (nSPS) is 11.2. The number of nitrogen functional groups attached to an aromatic ring is 1. The summed E-state index contributed by atoms with van der Waals surface area (Å²) in [6.45, 7) is 0. The van der Waals surface area contributed by atoms with E-state index in [2.05, 4.69) is 10.1 Å². The molecule has 0 bridgehead atoms. The maximum atomic E-state index is 6.30. The lowest BCUT2D eigenvalue weighted by atomic mass is 10.1. The molecule has 2 heterocycles. The molecular weight excluding hydrogens is 248 g/mol. The van der Waals surface area contributed by atoms with Crippen LogP contribution in [-0.2, 0) is 0 Å². The zero-order chi connectivity index (χ0) is 13.5. The molecule has 20 heavy (non-hydrogen) atoms. The van der Waals surface area contributed by atoms with Crippen LogP contribution in [0.15, 0.2) is 60.9 Å². The molecule has 0 aliphatic rings. The molecule has 0 saturated carbocycles. The van der Waals surface area contributed by atoms with Crippen molar-refractivity contribution >= 4 is 27.5 Å². The highest BCUT2D eigenvalue weighted by Gasteiger charge is 2.10. The van der Waals surface area contributed by atoms with Crippen LogP contribution in [0.25, 0.3) is 27.5 Å². The average molecular weight is 260 g/mol. The van der Waals surface area contributed by atoms with Gasteiger partial charge in [-0.2, -0.15) is 5.10 Å². The highest BCUT2D eigenvalue weighted by molar-refractivity contribution is 5.95. The van der Waals surface area contributed by atoms with E-state index in [1.54, 1.807) is 6.20 Å². The smallest absolute Gasteiger partial charge is 0.0889 e. The summed E-state index contributed by atoms with van der Waals surface area (Å²) in [4.78, 5) is 4.32. The molecule has 2 aromatic carbocycles. The summed E-state index contributed by atoms with van der Waals surface area (Å²) in [5.74, 6) is 0. The lowest BCUT2D eigenvalue weighted by Crippen LogP contribution is -2.02. The largest absolute Gasteiger partial charge is 0.396 e. The van der Waals surface area contributed by atoms with Gasteiger partial charge >= 0.3 is 0 Å². The summed E-state index contributed by atoms with van der Waals surface area (Å²) in [6, 6.07) is 15.9. The molecule has 0 aliphatic heterocycles. The Balaban J connectivity index is 2.05. The van der Waals surface area contributed by atoms with Crippen molar-refractivity contribution in [2.24, 2.45) is 0 Å². The molecular formula is C16H12N4. The van der Waals surface area contributed by atoms with Gasteiger partial charge in [0, 0.05) is 17.0 Å². The fraction of sp³-hybridized carbons (Fsp3) is 0. The number of pyridine rings is 1. The molecule has 0 radical (unpaired) electrons. The van der Waals surface area contributed by atoms with E-state index in [4.69, 9.17) is 5.73 Å². The van der Waals surface area contributed by atoms with E-state index in [9.17, 15) is 0 Å². The van der Waals surface area contributed by atoms with E-state index >= 15 is 0 Å². The number of rotatable bonds is 1. The van der Waals surface area contributed by atoms with Crippen molar-refractivity contribution in [1.29, 1.82) is 0 Å². The third-order valence-corrected chi connectivity index (χ3v) is 3.51. The number of benzene rings is 2. The standard InChI is InChI=1S/C16H12N4/c17-16-12-5-3-9-18-13(12)7-8-15(16)20-14-6-2-1-4-11(14)10-19-20/h1-10H,17H2. The number of para-hydroxylation sites is 1. The van der Waals surface area contributed by atoms with Gasteiger partial charge in [0.1, 0.15) is 0 Å². The SMILES string of the molecule is Nc1c(-n2ncc3ccccc32)ccc2ncccc12. The number of aromatic nitrogens is 3. The third-order valence-electron chi connectivity index (χ3n) is 3.51. The van der Waals surface area contributed by atoms with Crippen molar-refractivity contribution < 1.29 is 0 Å². The van der Waals surface area contributed by atoms with E-state index in [0.717, 1.165) is 27.5 Å². The molecule has 4 aromatic rings. The lowest BCUT2D eigenvalue weighted by Gasteiger charge is -2.09. The Morgan fingerprint density at radius 3 is 2.80 bits per heavy atom. The molecule has 4 nitrogen and oxygen atoms in total. The summed E-state index contributed by atoms with van der Waals surface area (Å²) in [7, 11) is 0. The van der Waals surface area contributed by atoms with Gasteiger partial charge in [0.2, 0.25) is 0 Å². The van der Waals surface area contributed by atoms with Crippen LogP contribution in [0.3, 0.4) is 0 Å². The third kappa shape index (κ3) is 1.48. The Morgan fingerprint density at radius 1 is 0.950 bits per heavy atom. The zero-order valence-electron chi connectivity index (χ0n) is 10.7. The topological polar surface area (TPSA) is 56.7 Å². The Labute approximate surface area is 115 Å². The molecule has 2 aromatic heterocycles. The predicted octanol–water partition coefficient (Wildman–Crippen LogP) is 3.16. The van der Waals surface area contributed by atoms with Gasteiger partial charge in [-0.3, -0.25) is 4.98 Å². The number of hydrogen-bond acceptors (Lipinski definition) is 3. The number of hydrogen-bond donors (Lipinski definition) is 1.